The minimum atomic E-state index is -0.0111. The minimum absolute atomic E-state index is 0.0111. The van der Waals surface area contributed by atoms with Crippen molar-refractivity contribution in [2.45, 2.75) is 13.3 Å². The maximum atomic E-state index is 12.8. The molecule has 2 aromatic carbocycles. The number of aryl methyl sites for hydroxylation is 1. The molecule has 1 aliphatic rings. The van der Waals surface area contributed by atoms with Crippen molar-refractivity contribution in [2.75, 3.05) is 12.3 Å². The van der Waals surface area contributed by atoms with Gasteiger partial charge in [0.2, 0.25) is 0 Å². The first-order valence-corrected chi connectivity index (χ1v) is 8.86. The number of carbonyl (C=O) groups is 1. The molecule has 2 aromatic rings. The number of aliphatic imine (C=N–C) groups is 1. The number of halogens is 1. The van der Waals surface area contributed by atoms with Crippen LogP contribution in [0.2, 0.25) is 5.02 Å². The molecule has 0 bridgehead atoms. The molecule has 5 heteroatoms. The molecule has 0 unspecified atom stereocenters. The maximum absolute atomic E-state index is 12.8. The summed E-state index contributed by atoms with van der Waals surface area (Å²) in [4.78, 5) is 19.2. The van der Waals surface area contributed by atoms with E-state index in [1.54, 1.807) is 22.7 Å². The van der Waals surface area contributed by atoms with E-state index < -0.39 is 0 Å². The molecular formula is C18H17ClN2OS. The van der Waals surface area contributed by atoms with Gasteiger partial charge in [0.15, 0.2) is 5.17 Å². The summed E-state index contributed by atoms with van der Waals surface area (Å²) in [6, 6.07) is 15.1. The van der Waals surface area contributed by atoms with Gasteiger partial charge in [0, 0.05) is 17.9 Å². The number of amidine groups is 1. The standard InChI is InChI=1S/C18H17ClN2OS/c1-13-7-9-14(10-8-13)17(22)21-11-4-12-23-18(21)20-16-6-3-2-5-15(16)19/h2-3,5-10H,4,11-12H2,1H3. The molecule has 0 radical (unpaired) electrons. The quantitative estimate of drug-likeness (QED) is 0.775. The van der Waals surface area contributed by atoms with Gasteiger partial charge >= 0.3 is 0 Å². The normalized spacial score (nSPS) is 16.6. The molecule has 1 fully saturated rings. The van der Waals surface area contributed by atoms with Gasteiger partial charge in [-0.2, -0.15) is 0 Å². The lowest BCUT2D eigenvalue weighted by molar-refractivity contribution is 0.0849. The highest BCUT2D eigenvalue weighted by atomic mass is 35.5. The molecule has 0 atom stereocenters. The van der Waals surface area contributed by atoms with Crippen molar-refractivity contribution in [1.29, 1.82) is 0 Å². The Morgan fingerprint density at radius 3 is 2.65 bits per heavy atom. The molecule has 1 aliphatic heterocycles. The van der Waals surface area contributed by atoms with Crippen LogP contribution in [0.15, 0.2) is 53.5 Å². The number of thioether (sulfide) groups is 1. The Balaban J connectivity index is 1.91. The molecule has 118 valence electrons. The van der Waals surface area contributed by atoms with Crippen molar-refractivity contribution < 1.29 is 4.79 Å². The van der Waals surface area contributed by atoms with Crippen molar-refractivity contribution in [1.82, 2.24) is 4.90 Å². The number of amides is 1. The summed E-state index contributed by atoms with van der Waals surface area (Å²) in [5.74, 6) is 0.948. The van der Waals surface area contributed by atoms with Crippen LogP contribution in [0.1, 0.15) is 22.3 Å². The topological polar surface area (TPSA) is 32.7 Å². The van der Waals surface area contributed by atoms with E-state index in [1.807, 2.05) is 49.4 Å². The van der Waals surface area contributed by atoms with Gasteiger partial charge < -0.3 is 0 Å². The lowest BCUT2D eigenvalue weighted by Gasteiger charge is -2.28. The largest absolute Gasteiger partial charge is 0.287 e. The fourth-order valence-electron chi connectivity index (χ4n) is 2.34. The number of hydrogen-bond donors (Lipinski definition) is 0. The number of benzene rings is 2. The van der Waals surface area contributed by atoms with Crippen molar-refractivity contribution >= 4 is 40.1 Å². The zero-order valence-electron chi connectivity index (χ0n) is 12.8. The molecule has 0 spiro atoms. The van der Waals surface area contributed by atoms with Crippen molar-refractivity contribution in [3.8, 4) is 0 Å². The second kappa shape index (κ2) is 7.20. The SMILES string of the molecule is Cc1ccc(C(=O)N2CCCSC2=Nc2ccccc2Cl)cc1. The summed E-state index contributed by atoms with van der Waals surface area (Å²) in [6.07, 6.45) is 0.962. The average Bonchev–Trinajstić information content (AvgIpc) is 2.57. The van der Waals surface area contributed by atoms with Gasteiger partial charge in [-0.25, -0.2) is 4.99 Å². The summed E-state index contributed by atoms with van der Waals surface area (Å²) < 4.78 is 0. The van der Waals surface area contributed by atoms with Gasteiger partial charge in [-0.3, -0.25) is 9.69 Å². The summed E-state index contributed by atoms with van der Waals surface area (Å²) in [5, 5.41) is 1.31. The van der Waals surface area contributed by atoms with Crippen LogP contribution < -0.4 is 0 Å². The van der Waals surface area contributed by atoms with Gasteiger partial charge in [0.1, 0.15) is 0 Å². The summed E-state index contributed by atoms with van der Waals surface area (Å²) in [5.41, 5.74) is 2.52. The Morgan fingerprint density at radius 2 is 1.91 bits per heavy atom. The Kier molecular flexibility index (Phi) is 5.03. The predicted octanol–water partition coefficient (Wildman–Crippen LogP) is 4.92. The molecule has 3 nitrogen and oxygen atoms in total. The van der Waals surface area contributed by atoms with Crippen LogP contribution in [0.5, 0.6) is 0 Å². The predicted molar refractivity (Wildman–Crippen MR) is 97.8 cm³/mol. The molecule has 0 aliphatic carbocycles. The highest BCUT2D eigenvalue weighted by Crippen LogP contribution is 2.28. The third kappa shape index (κ3) is 3.77. The van der Waals surface area contributed by atoms with Crippen LogP contribution in [0.3, 0.4) is 0 Å². The smallest absolute Gasteiger partial charge is 0.259 e. The molecular weight excluding hydrogens is 328 g/mol. The van der Waals surface area contributed by atoms with Crippen LogP contribution in [0, 0.1) is 6.92 Å². The zero-order chi connectivity index (χ0) is 16.2. The number of nitrogens with zero attached hydrogens (tertiary/aromatic N) is 2. The highest BCUT2D eigenvalue weighted by Gasteiger charge is 2.25. The third-order valence-corrected chi connectivity index (χ3v) is 4.98. The van der Waals surface area contributed by atoms with Gasteiger partial charge in [-0.05, 0) is 37.6 Å². The molecule has 3 rings (SSSR count). The number of hydrogen-bond acceptors (Lipinski definition) is 3. The fourth-order valence-corrected chi connectivity index (χ4v) is 3.47. The number of carbonyl (C=O) groups excluding carboxylic acids is 1. The summed E-state index contributed by atoms with van der Waals surface area (Å²) >= 11 is 7.78. The van der Waals surface area contributed by atoms with E-state index in [0.717, 1.165) is 22.9 Å². The zero-order valence-corrected chi connectivity index (χ0v) is 14.4. The number of para-hydroxylation sites is 1. The van der Waals surface area contributed by atoms with Crippen LogP contribution in [0.25, 0.3) is 0 Å². The van der Waals surface area contributed by atoms with E-state index in [-0.39, 0.29) is 5.91 Å². The van der Waals surface area contributed by atoms with Crippen LogP contribution in [-0.4, -0.2) is 28.3 Å². The third-order valence-electron chi connectivity index (χ3n) is 3.60. The molecule has 1 heterocycles. The van der Waals surface area contributed by atoms with Crippen LogP contribution >= 0.6 is 23.4 Å². The maximum Gasteiger partial charge on any atom is 0.259 e. The second-order valence-electron chi connectivity index (χ2n) is 5.37. The first-order chi connectivity index (χ1) is 11.1. The Hall–Kier alpha value is -1.78. The Labute approximate surface area is 145 Å². The Morgan fingerprint density at radius 1 is 1.17 bits per heavy atom. The first-order valence-electron chi connectivity index (χ1n) is 7.50. The monoisotopic (exact) mass is 344 g/mol. The lowest BCUT2D eigenvalue weighted by atomic mass is 10.1. The van der Waals surface area contributed by atoms with Gasteiger partial charge in [0.25, 0.3) is 5.91 Å². The van der Waals surface area contributed by atoms with Gasteiger partial charge in [0.05, 0.1) is 10.7 Å². The van der Waals surface area contributed by atoms with Crippen molar-refractivity contribution in [3.05, 3.63) is 64.7 Å². The first kappa shape index (κ1) is 16.1. The van der Waals surface area contributed by atoms with Crippen LogP contribution in [0.4, 0.5) is 5.69 Å². The van der Waals surface area contributed by atoms with E-state index >= 15 is 0 Å². The molecule has 1 saturated heterocycles. The molecule has 23 heavy (non-hydrogen) atoms. The highest BCUT2D eigenvalue weighted by molar-refractivity contribution is 8.13. The van der Waals surface area contributed by atoms with E-state index in [2.05, 4.69) is 4.99 Å². The van der Waals surface area contributed by atoms with E-state index in [4.69, 9.17) is 11.6 Å². The molecule has 0 aromatic heterocycles. The fraction of sp³-hybridized carbons (Fsp3) is 0.222. The van der Waals surface area contributed by atoms with Crippen LogP contribution in [-0.2, 0) is 0 Å². The molecule has 1 amide bonds. The van der Waals surface area contributed by atoms with E-state index in [1.165, 1.54) is 0 Å². The summed E-state index contributed by atoms with van der Waals surface area (Å²) in [6.45, 7) is 2.69. The molecule has 0 N–H and O–H groups in total. The lowest BCUT2D eigenvalue weighted by Crippen LogP contribution is -2.39. The van der Waals surface area contributed by atoms with Crippen molar-refractivity contribution in [2.24, 2.45) is 4.99 Å². The van der Waals surface area contributed by atoms with Gasteiger partial charge in [-0.1, -0.05) is 53.2 Å². The van der Waals surface area contributed by atoms with E-state index in [9.17, 15) is 4.79 Å². The molecule has 0 saturated carbocycles. The van der Waals surface area contributed by atoms with Crippen molar-refractivity contribution in [3.63, 3.8) is 0 Å². The summed E-state index contributed by atoms with van der Waals surface area (Å²) in [7, 11) is 0. The second-order valence-corrected chi connectivity index (χ2v) is 6.84. The number of rotatable bonds is 2. The Bertz CT molecular complexity index is 743. The average molecular weight is 345 g/mol. The minimum Gasteiger partial charge on any atom is -0.287 e. The van der Waals surface area contributed by atoms with E-state index in [0.29, 0.717) is 22.8 Å². The van der Waals surface area contributed by atoms with Gasteiger partial charge in [-0.15, -0.1) is 0 Å².